The minimum absolute atomic E-state index is 0.00159. The molecule has 9 nitrogen and oxygen atoms in total. The number of fused-ring (bicyclic) bond motifs is 1. The fourth-order valence-electron chi connectivity index (χ4n) is 5.49. The number of piperidine rings is 1. The van der Waals surface area contributed by atoms with Gasteiger partial charge in [0.25, 0.3) is 0 Å². The van der Waals surface area contributed by atoms with E-state index in [2.05, 4.69) is 15.6 Å². The van der Waals surface area contributed by atoms with Gasteiger partial charge < -0.3 is 15.5 Å². The van der Waals surface area contributed by atoms with Crippen molar-refractivity contribution in [1.82, 2.24) is 29.7 Å². The van der Waals surface area contributed by atoms with E-state index in [1.807, 2.05) is 21.6 Å². The number of carbonyl (C=O) groups excluding carboxylic acids is 2. The van der Waals surface area contributed by atoms with Gasteiger partial charge in [0.2, 0.25) is 17.8 Å². The van der Waals surface area contributed by atoms with Crippen LogP contribution in [0.4, 0.5) is 5.95 Å². The van der Waals surface area contributed by atoms with Crippen LogP contribution in [0.1, 0.15) is 37.1 Å². The van der Waals surface area contributed by atoms with Gasteiger partial charge in [0.1, 0.15) is 11.6 Å². The molecule has 198 valence electrons. The summed E-state index contributed by atoms with van der Waals surface area (Å²) in [4.78, 5) is 41.3. The van der Waals surface area contributed by atoms with E-state index in [1.165, 1.54) is 0 Å². The number of amides is 2. The Balaban J connectivity index is 1.32. The van der Waals surface area contributed by atoms with Crippen molar-refractivity contribution >= 4 is 41.0 Å². The summed E-state index contributed by atoms with van der Waals surface area (Å²) in [6.45, 7) is 1.47. The number of likely N-dealkylation sites (tertiary alicyclic amines) is 1. The third-order valence-electron chi connectivity index (χ3n) is 7.59. The van der Waals surface area contributed by atoms with E-state index >= 15 is 0 Å². The van der Waals surface area contributed by atoms with Crippen LogP contribution in [0.25, 0.3) is 17.2 Å². The van der Waals surface area contributed by atoms with Crippen LogP contribution < -0.4 is 10.6 Å². The molecule has 1 unspecified atom stereocenters. The molecule has 11 heteroatoms. The Hall–Kier alpha value is -3.17. The van der Waals surface area contributed by atoms with Gasteiger partial charge in [0.15, 0.2) is 0 Å². The number of nitrogens with one attached hydrogen (secondary N) is 2. The molecule has 2 N–H and O–H groups in total. The summed E-state index contributed by atoms with van der Waals surface area (Å²) in [6.07, 6.45) is 6.75. The molecule has 3 heterocycles. The van der Waals surface area contributed by atoms with E-state index in [9.17, 15) is 9.59 Å². The number of rotatable bonds is 6. The molecule has 2 aromatic heterocycles. The van der Waals surface area contributed by atoms with Crippen molar-refractivity contribution in [3.63, 3.8) is 0 Å². The molecule has 38 heavy (non-hydrogen) atoms. The molecule has 0 radical (unpaired) electrons. The molecule has 2 atom stereocenters. The van der Waals surface area contributed by atoms with Crippen LogP contribution >= 0.6 is 23.2 Å². The molecule has 0 bridgehead atoms. The second-order valence-corrected chi connectivity index (χ2v) is 11.1. The van der Waals surface area contributed by atoms with Crippen molar-refractivity contribution in [2.24, 2.45) is 11.8 Å². The highest BCUT2D eigenvalue weighted by Gasteiger charge is 2.36. The Morgan fingerprint density at radius 3 is 2.63 bits per heavy atom. The number of hydrogen-bond acceptors (Lipinski definition) is 6. The van der Waals surface area contributed by atoms with Gasteiger partial charge in [-0.05, 0) is 49.9 Å². The fourth-order valence-corrected chi connectivity index (χ4v) is 5.78. The van der Waals surface area contributed by atoms with Gasteiger partial charge in [0, 0.05) is 68.3 Å². The lowest BCUT2D eigenvalue weighted by atomic mass is 10.1. The number of benzene rings is 1. The summed E-state index contributed by atoms with van der Waals surface area (Å²) < 4.78 is 1.99. The van der Waals surface area contributed by atoms with Crippen LogP contribution in [-0.4, -0.2) is 62.4 Å². The van der Waals surface area contributed by atoms with E-state index in [1.54, 1.807) is 25.4 Å². The summed E-state index contributed by atoms with van der Waals surface area (Å²) in [7, 11) is 1.65. The zero-order valence-corrected chi connectivity index (χ0v) is 22.6. The SMILES string of the molecule is CNC(=O)C1Cc2nc(-c3ccc(Cl)c(Cl)c3)n(-c3ccnc(N[C@H]4CCCN(C(=O)C5CC5)C4)n3)c2C1. The molecule has 0 spiro atoms. The van der Waals surface area contributed by atoms with E-state index in [-0.39, 0.29) is 29.7 Å². The first-order chi connectivity index (χ1) is 18.4. The first-order valence-corrected chi connectivity index (χ1v) is 13.8. The lowest BCUT2D eigenvalue weighted by molar-refractivity contribution is -0.133. The Kier molecular flexibility index (Phi) is 6.74. The van der Waals surface area contributed by atoms with Gasteiger partial charge in [-0.3, -0.25) is 14.2 Å². The van der Waals surface area contributed by atoms with Crippen molar-refractivity contribution in [3.05, 3.63) is 51.9 Å². The van der Waals surface area contributed by atoms with Crippen molar-refractivity contribution in [1.29, 1.82) is 0 Å². The van der Waals surface area contributed by atoms with Crippen molar-refractivity contribution in [2.45, 2.75) is 44.6 Å². The maximum atomic E-state index is 12.6. The number of carbonyl (C=O) groups is 2. The second-order valence-electron chi connectivity index (χ2n) is 10.3. The molecule has 1 aliphatic heterocycles. The topological polar surface area (TPSA) is 105 Å². The number of imidazole rings is 1. The van der Waals surface area contributed by atoms with Gasteiger partial charge in [0.05, 0.1) is 15.7 Å². The minimum Gasteiger partial charge on any atom is -0.359 e. The molecule has 3 aliphatic rings. The van der Waals surface area contributed by atoms with E-state index in [0.717, 1.165) is 49.2 Å². The molecule has 2 amide bonds. The molecule has 6 rings (SSSR count). The quantitative estimate of drug-likeness (QED) is 0.479. The zero-order chi connectivity index (χ0) is 26.4. The first-order valence-electron chi connectivity index (χ1n) is 13.1. The average Bonchev–Trinajstić information content (AvgIpc) is 3.60. The zero-order valence-electron chi connectivity index (χ0n) is 21.1. The van der Waals surface area contributed by atoms with Crippen molar-refractivity contribution in [3.8, 4) is 17.2 Å². The van der Waals surface area contributed by atoms with Crippen LogP contribution in [-0.2, 0) is 22.4 Å². The first kappa shape index (κ1) is 25.1. The maximum Gasteiger partial charge on any atom is 0.225 e. The van der Waals surface area contributed by atoms with E-state index in [4.69, 9.17) is 33.2 Å². The van der Waals surface area contributed by atoms with E-state index < -0.39 is 0 Å². The molecule has 1 saturated carbocycles. The summed E-state index contributed by atoms with van der Waals surface area (Å²) >= 11 is 12.5. The van der Waals surface area contributed by atoms with E-state index in [0.29, 0.717) is 47.0 Å². The molecule has 3 aromatic rings. The van der Waals surface area contributed by atoms with Gasteiger partial charge in [-0.25, -0.2) is 9.97 Å². The maximum absolute atomic E-state index is 12.6. The predicted octanol–water partition coefficient (Wildman–Crippen LogP) is 3.91. The molecule has 2 fully saturated rings. The van der Waals surface area contributed by atoms with Gasteiger partial charge >= 0.3 is 0 Å². The predicted molar refractivity (Wildman–Crippen MR) is 146 cm³/mol. The number of halogens is 2. The van der Waals surface area contributed by atoms with Crippen LogP contribution in [0.15, 0.2) is 30.5 Å². The smallest absolute Gasteiger partial charge is 0.225 e. The Morgan fingerprint density at radius 2 is 1.87 bits per heavy atom. The Morgan fingerprint density at radius 1 is 1.03 bits per heavy atom. The number of anilines is 1. The fraction of sp³-hybridized carbons (Fsp3) is 0.444. The highest BCUT2D eigenvalue weighted by atomic mass is 35.5. The van der Waals surface area contributed by atoms with Crippen LogP contribution in [0, 0.1) is 11.8 Å². The molecule has 1 saturated heterocycles. The molecule has 1 aromatic carbocycles. The van der Waals surface area contributed by atoms with Gasteiger partial charge in [-0.15, -0.1) is 0 Å². The van der Waals surface area contributed by atoms with Crippen molar-refractivity contribution < 1.29 is 9.59 Å². The number of hydrogen-bond donors (Lipinski definition) is 2. The average molecular weight is 554 g/mol. The normalized spacial score (nSPS) is 20.8. The largest absolute Gasteiger partial charge is 0.359 e. The van der Waals surface area contributed by atoms with Crippen LogP contribution in [0.2, 0.25) is 10.0 Å². The van der Waals surface area contributed by atoms with Crippen LogP contribution in [0.5, 0.6) is 0 Å². The number of aromatic nitrogens is 4. The molecule has 2 aliphatic carbocycles. The molecular weight excluding hydrogens is 525 g/mol. The summed E-state index contributed by atoms with van der Waals surface area (Å²) in [5.74, 6) is 2.15. The lowest BCUT2D eigenvalue weighted by Crippen LogP contribution is -2.45. The van der Waals surface area contributed by atoms with Gasteiger partial charge in [-0.1, -0.05) is 23.2 Å². The Bertz CT molecular complexity index is 1400. The van der Waals surface area contributed by atoms with Crippen molar-refractivity contribution in [2.75, 3.05) is 25.5 Å². The monoisotopic (exact) mass is 553 g/mol. The summed E-state index contributed by atoms with van der Waals surface area (Å²) in [5.41, 5.74) is 2.62. The lowest BCUT2D eigenvalue weighted by Gasteiger charge is -2.33. The summed E-state index contributed by atoms with van der Waals surface area (Å²) in [5, 5.41) is 7.12. The minimum atomic E-state index is -0.178. The standard InChI is InChI=1S/C27H29Cl2N7O2/c1-30-25(37)17-12-21-22(13-17)36(24(33-21)16-6-7-19(28)20(29)11-16)23-8-9-31-27(34-23)32-18-3-2-10-35(14-18)26(38)15-4-5-15/h6-9,11,15,17-18H,2-5,10,12-14H2,1H3,(H,30,37)(H,31,32,34)/t17?,18-/m0/s1. The highest BCUT2D eigenvalue weighted by Crippen LogP contribution is 2.36. The highest BCUT2D eigenvalue weighted by molar-refractivity contribution is 6.42. The van der Waals surface area contributed by atoms with Crippen LogP contribution in [0.3, 0.4) is 0 Å². The second kappa shape index (κ2) is 10.2. The Labute approximate surface area is 231 Å². The summed E-state index contributed by atoms with van der Waals surface area (Å²) in [6, 6.07) is 7.35. The number of nitrogens with zero attached hydrogens (tertiary/aromatic N) is 5. The third kappa shape index (κ3) is 4.85. The van der Waals surface area contributed by atoms with Gasteiger partial charge in [-0.2, -0.15) is 4.98 Å². The third-order valence-corrected chi connectivity index (χ3v) is 8.33. The molecular formula is C27H29Cl2N7O2.